The Kier molecular flexibility index (Phi) is 4.29. The molecule has 2 aromatic heterocycles. The van der Waals surface area contributed by atoms with Gasteiger partial charge in [-0.15, -0.1) is 0 Å². The van der Waals surface area contributed by atoms with Crippen LogP contribution < -0.4 is 0 Å². The predicted octanol–water partition coefficient (Wildman–Crippen LogP) is 1.76. The topological polar surface area (TPSA) is 82.4 Å². The van der Waals surface area contributed by atoms with E-state index in [2.05, 4.69) is 10.2 Å². The van der Waals surface area contributed by atoms with Gasteiger partial charge in [0.05, 0.1) is 18.7 Å². The Morgan fingerprint density at radius 1 is 1.36 bits per heavy atom. The van der Waals surface area contributed by atoms with E-state index < -0.39 is 0 Å². The molecule has 25 heavy (non-hydrogen) atoms. The van der Waals surface area contributed by atoms with E-state index in [1.807, 2.05) is 23.1 Å². The van der Waals surface area contributed by atoms with Crippen LogP contribution in [0.1, 0.15) is 36.6 Å². The molecule has 2 saturated heterocycles. The molecule has 0 radical (unpaired) electrons. The van der Waals surface area contributed by atoms with Crippen molar-refractivity contribution >= 4 is 11.8 Å². The lowest BCUT2D eigenvalue weighted by Gasteiger charge is -2.33. The Balaban J connectivity index is 1.38. The van der Waals surface area contributed by atoms with Crippen molar-refractivity contribution in [1.82, 2.24) is 20.0 Å². The highest BCUT2D eigenvalue weighted by molar-refractivity contribution is 5.89. The van der Waals surface area contributed by atoms with Gasteiger partial charge in [-0.1, -0.05) is 0 Å². The number of aromatic amines is 1. The first kappa shape index (κ1) is 15.9. The number of piperidine rings is 1. The first-order chi connectivity index (χ1) is 12.2. The fourth-order valence-electron chi connectivity index (χ4n) is 3.86. The number of hydrogen-bond donors (Lipinski definition) is 1. The smallest absolute Gasteiger partial charge is 0.228 e. The lowest BCUT2D eigenvalue weighted by Crippen LogP contribution is -2.43. The number of carbonyl (C=O) groups excluding carboxylic acids is 2. The zero-order valence-corrected chi connectivity index (χ0v) is 14.1. The van der Waals surface area contributed by atoms with Crippen LogP contribution in [-0.4, -0.2) is 51.4 Å². The van der Waals surface area contributed by atoms with Crippen molar-refractivity contribution in [3.63, 3.8) is 0 Å². The fraction of sp³-hybridized carbons (Fsp3) is 0.500. The van der Waals surface area contributed by atoms with E-state index in [9.17, 15) is 9.59 Å². The van der Waals surface area contributed by atoms with E-state index in [0.29, 0.717) is 32.0 Å². The van der Waals surface area contributed by atoms with Crippen molar-refractivity contribution in [3.05, 3.63) is 42.1 Å². The maximum absolute atomic E-state index is 12.9. The summed E-state index contributed by atoms with van der Waals surface area (Å²) in [5.74, 6) is 0.926. The maximum atomic E-state index is 12.9. The summed E-state index contributed by atoms with van der Waals surface area (Å²) in [4.78, 5) is 28.8. The Morgan fingerprint density at radius 2 is 2.28 bits per heavy atom. The normalized spacial score (nSPS) is 24.1. The lowest BCUT2D eigenvalue weighted by atomic mass is 9.93. The number of rotatable bonds is 4. The van der Waals surface area contributed by atoms with Crippen LogP contribution in [0, 0.1) is 5.92 Å². The number of furan rings is 1. The standard InChI is InChI=1S/C18H22N4O3/c23-17-9-14(11-22(17)12-15-4-2-8-25-15)18(24)21-7-1-3-13(10-21)16-5-6-19-20-16/h2,4-6,8,13-14H,1,3,7,9-12H2,(H,19,20)/t13-,14+/m1/s1. The highest BCUT2D eigenvalue weighted by atomic mass is 16.3. The van der Waals surface area contributed by atoms with Crippen molar-refractivity contribution in [2.45, 2.75) is 31.7 Å². The third kappa shape index (κ3) is 3.31. The number of aromatic nitrogens is 2. The van der Waals surface area contributed by atoms with Crippen molar-refractivity contribution in [3.8, 4) is 0 Å². The molecule has 0 saturated carbocycles. The van der Waals surface area contributed by atoms with Gasteiger partial charge in [0.1, 0.15) is 5.76 Å². The van der Waals surface area contributed by atoms with Crippen LogP contribution in [-0.2, 0) is 16.1 Å². The SMILES string of the molecule is O=C1C[C@H](C(=O)N2CCC[C@@H](c3ccn[nH]3)C2)CN1Cc1ccco1. The summed E-state index contributed by atoms with van der Waals surface area (Å²) >= 11 is 0. The predicted molar refractivity (Wildman–Crippen MR) is 89.4 cm³/mol. The average Bonchev–Trinajstić information content (AvgIpc) is 3.38. The van der Waals surface area contributed by atoms with Gasteiger partial charge in [-0.05, 0) is 31.0 Å². The molecule has 1 N–H and O–H groups in total. The quantitative estimate of drug-likeness (QED) is 0.918. The Bertz CT molecular complexity index is 726. The van der Waals surface area contributed by atoms with Crippen LogP contribution in [0.15, 0.2) is 35.1 Å². The second-order valence-corrected chi connectivity index (χ2v) is 6.89. The second kappa shape index (κ2) is 6.74. The molecular formula is C18H22N4O3. The number of H-pyrrole nitrogens is 1. The summed E-state index contributed by atoms with van der Waals surface area (Å²) in [5, 5.41) is 7.03. The molecule has 0 aromatic carbocycles. The summed E-state index contributed by atoms with van der Waals surface area (Å²) in [7, 11) is 0. The van der Waals surface area contributed by atoms with Gasteiger partial charge in [-0.2, -0.15) is 5.10 Å². The minimum absolute atomic E-state index is 0.0249. The molecule has 4 rings (SSSR count). The van der Waals surface area contributed by atoms with Crippen LogP contribution >= 0.6 is 0 Å². The Labute approximate surface area is 146 Å². The summed E-state index contributed by atoms with van der Waals surface area (Å²) < 4.78 is 5.31. The van der Waals surface area contributed by atoms with E-state index in [4.69, 9.17) is 4.42 Å². The van der Waals surface area contributed by atoms with Crippen LogP contribution in [0.25, 0.3) is 0 Å². The third-order valence-electron chi connectivity index (χ3n) is 5.19. The maximum Gasteiger partial charge on any atom is 0.228 e. The molecule has 4 heterocycles. The summed E-state index contributed by atoms with van der Waals surface area (Å²) in [6.45, 7) is 2.38. The van der Waals surface area contributed by atoms with Crippen molar-refractivity contribution in [1.29, 1.82) is 0 Å². The zero-order chi connectivity index (χ0) is 17.2. The highest BCUT2D eigenvalue weighted by Gasteiger charge is 2.38. The summed E-state index contributed by atoms with van der Waals surface area (Å²) in [6, 6.07) is 5.63. The van der Waals surface area contributed by atoms with Crippen molar-refractivity contribution in [2.24, 2.45) is 5.92 Å². The number of nitrogens with one attached hydrogen (secondary N) is 1. The monoisotopic (exact) mass is 342 g/mol. The first-order valence-electron chi connectivity index (χ1n) is 8.79. The van der Waals surface area contributed by atoms with Gasteiger partial charge in [-0.3, -0.25) is 14.7 Å². The number of hydrogen-bond acceptors (Lipinski definition) is 4. The molecule has 0 spiro atoms. The summed E-state index contributed by atoms with van der Waals surface area (Å²) in [6.07, 6.45) is 5.68. The lowest BCUT2D eigenvalue weighted by molar-refractivity contribution is -0.137. The molecule has 2 fully saturated rings. The molecule has 2 aliphatic rings. The highest BCUT2D eigenvalue weighted by Crippen LogP contribution is 2.28. The van der Waals surface area contributed by atoms with Crippen molar-refractivity contribution < 1.29 is 14.0 Å². The van der Waals surface area contributed by atoms with Gasteiger partial charge in [0.25, 0.3) is 0 Å². The Morgan fingerprint density at radius 3 is 3.04 bits per heavy atom. The first-order valence-corrected chi connectivity index (χ1v) is 8.79. The molecule has 2 amide bonds. The Hall–Kier alpha value is -2.57. The zero-order valence-electron chi connectivity index (χ0n) is 14.1. The van der Waals surface area contributed by atoms with Gasteiger partial charge in [0, 0.05) is 43.9 Å². The van der Waals surface area contributed by atoms with Gasteiger partial charge < -0.3 is 14.2 Å². The molecule has 2 aromatic rings. The minimum Gasteiger partial charge on any atom is -0.467 e. The molecule has 2 aliphatic heterocycles. The minimum atomic E-state index is -0.247. The van der Waals surface area contributed by atoms with Gasteiger partial charge in [0.2, 0.25) is 11.8 Å². The molecule has 7 heteroatoms. The van der Waals surface area contributed by atoms with E-state index in [-0.39, 0.29) is 17.7 Å². The molecule has 7 nitrogen and oxygen atoms in total. The van der Waals surface area contributed by atoms with E-state index >= 15 is 0 Å². The average molecular weight is 342 g/mol. The number of amides is 2. The van der Waals surface area contributed by atoms with E-state index in [0.717, 1.165) is 30.8 Å². The molecule has 0 aliphatic carbocycles. The van der Waals surface area contributed by atoms with Crippen LogP contribution in [0.5, 0.6) is 0 Å². The third-order valence-corrected chi connectivity index (χ3v) is 5.19. The van der Waals surface area contributed by atoms with E-state index in [1.165, 1.54) is 0 Å². The molecular weight excluding hydrogens is 320 g/mol. The van der Waals surface area contributed by atoms with Crippen molar-refractivity contribution in [2.75, 3.05) is 19.6 Å². The van der Waals surface area contributed by atoms with Crippen LogP contribution in [0.3, 0.4) is 0 Å². The van der Waals surface area contributed by atoms with Gasteiger partial charge in [-0.25, -0.2) is 0 Å². The molecule has 0 unspecified atom stereocenters. The number of likely N-dealkylation sites (tertiary alicyclic amines) is 2. The van der Waals surface area contributed by atoms with Crippen LogP contribution in [0.4, 0.5) is 0 Å². The number of carbonyl (C=O) groups is 2. The summed E-state index contributed by atoms with van der Waals surface area (Å²) in [5.41, 5.74) is 1.08. The molecule has 0 bridgehead atoms. The second-order valence-electron chi connectivity index (χ2n) is 6.89. The molecule has 132 valence electrons. The molecule has 2 atom stereocenters. The van der Waals surface area contributed by atoms with Crippen LogP contribution in [0.2, 0.25) is 0 Å². The van der Waals surface area contributed by atoms with Gasteiger partial charge >= 0.3 is 0 Å². The van der Waals surface area contributed by atoms with Gasteiger partial charge in [0.15, 0.2) is 0 Å². The fourth-order valence-corrected chi connectivity index (χ4v) is 3.86. The number of nitrogens with zero attached hydrogens (tertiary/aromatic N) is 3. The largest absolute Gasteiger partial charge is 0.467 e. The van der Waals surface area contributed by atoms with E-state index in [1.54, 1.807) is 17.4 Å².